The van der Waals surface area contributed by atoms with Gasteiger partial charge in [0.1, 0.15) is 5.82 Å². The van der Waals surface area contributed by atoms with Gasteiger partial charge < -0.3 is 5.32 Å². The first-order chi connectivity index (χ1) is 8.90. The van der Waals surface area contributed by atoms with E-state index in [4.69, 9.17) is 0 Å². The number of alkyl halides is 3. The van der Waals surface area contributed by atoms with Crippen molar-refractivity contribution in [3.63, 3.8) is 0 Å². The third kappa shape index (κ3) is 3.11. The molecule has 0 unspecified atom stereocenters. The maximum Gasteiger partial charge on any atom is 0.435 e. The highest BCUT2D eigenvalue weighted by Crippen LogP contribution is 2.28. The van der Waals surface area contributed by atoms with Gasteiger partial charge in [-0.05, 0) is 36.9 Å². The average molecular weight is 273 g/mol. The Hall–Kier alpha value is -1.89. The molecule has 0 aliphatic carbocycles. The molecule has 3 nitrogen and oxygen atoms in total. The predicted molar refractivity (Wildman–Crippen MR) is 61.3 cm³/mol. The normalized spacial score (nSPS) is 11.8. The molecule has 7 heteroatoms. The quantitative estimate of drug-likeness (QED) is 0.871. The summed E-state index contributed by atoms with van der Waals surface area (Å²) in [6.07, 6.45) is -3.35. The highest BCUT2D eigenvalue weighted by molar-refractivity contribution is 5.36. The third-order valence-corrected chi connectivity index (χ3v) is 2.47. The van der Waals surface area contributed by atoms with Gasteiger partial charge in [-0.2, -0.15) is 18.3 Å². The fraction of sp³-hybridized carbons (Fsp3) is 0.250. The van der Waals surface area contributed by atoms with Crippen LogP contribution in [0.2, 0.25) is 0 Å². The maximum absolute atomic E-state index is 13.4. The molecule has 1 heterocycles. The Morgan fingerprint density at radius 1 is 1.26 bits per heavy atom. The smallest absolute Gasteiger partial charge is 0.316 e. The second-order valence-corrected chi connectivity index (χ2v) is 3.99. The van der Waals surface area contributed by atoms with Gasteiger partial charge in [-0.25, -0.2) is 9.07 Å². The standard InChI is InChI=1S/C12H11F4N3/c1-17-7-8-4-9(13)6-10(5-8)19-3-2-11(18-19)12(14,15)16/h2-6,17H,7H2,1H3. The number of hydrogen-bond acceptors (Lipinski definition) is 2. The SMILES string of the molecule is CNCc1cc(F)cc(-n2ccc(C(F)(F)F)n2)c1. The molecule has 0 aliphatic rings. The lowest BCUT2D eigenvalue weighted by Gasteiger charge is -2.06. The van der Waals surface area contributed by atoms with Crippen LogP contribution in [0.15, 0.2) is 30.5 Å². The fourth-order valence-electron chi connectivity index (χ4n) is 1.69. The van der Waals surface area contributed by atoms with Gasteiger partial charge in [0.05, 0.1) is 5.69 Å². The summed E-state index contributed by atoms with van der Waals surface area (Å²) < 4.78 is 51.7. The minimum Gasteiger partial charge on any atom is -0.316 e. The molecular weight excluding hydrogens is 262 g/mol. The van der Waals surface area contributed by atoms with Crippen LogP contribution in [0.25, 0.3) is 5.69 Å². The summed E-state index contributed by atoms with van der Waals surface area (Å²) >= 11 is 0. The molecule has 102 valence electrons. The van der Waals surface area contributed by atoms with Gasteiger partial charge in [0.15, 0.2) is 5.69 Å². The Kier molecular flexibility index (Phi) is 3.57. The first-order valence-corrected chi connectivity index (χ1v) is 5.47. The molecular formula is C12H11F4N3. The molecule has 0 atom stereocenters. The minimum atomic E-state index is -4.51. The van der Waals surface area contributed by atoms with Crippen molar-refractivity contribution in [1.82, 2.24) is 15.1 Å². The molecule has 1 N–H and O–H groups in total. The van der Waals surface area contributed by atoms with Crippen LogP contribution in [-0.2, 0) is 12.7 Å². The van der Waals surface area contributed by atoms with E-state index >= 15 is 0 Å². The zero-order chi connectivity index (χ0) is 14.0. The second kappa shape index (κ2) is 5.00. The summed E-state index contributed by atoms with van der Waals surface area (Å²) in [7, 11) is 1.69. The van der Waals surface area contributed by atoms with Crippen molar-refractivity contribution in [1.29, 1.82) is 0 Å². The Morgan fingerprint density at radius 2 is 2.00 bits per heavy atom. The van der Waals surface area contributed by atoms with Crippen LogP contribution in [0, 0.1) is 5.82 Å². The zero-order valence-corrected chi connectivity index (χ0v) is 10.0. The van der Waals surface area contributed by atoms with Crippen LogP contribution in [-0.4, -0.2) is 16.8 Å². The lowest BCUT2D eigenvalue weighted by molar-refractivity contribution is -0.141. The van der Waals surface area contributed by atoms with Crippen LogP contribution in [0.3, 0.4) is 0 Å². The maximum atomic E-state index is 13.4. The molecule has 0 saturated carbocycles. The molecule has 2 rings (SSSR count). The number of benzene rings is 1. The highest BCUT2D eigenvalue weighted by atomic mass is 19.4. The van der Waals surface area contributed by atoms with E-state index in [0.717, 1.165) is 23.0 Å². The molecule has 0 saturated heterocycles. The van der Waals surface area contributed by atoms with Gasteiger partial charge >= 0.3 is 6.18 Å². The van der Waals surface area contributed by atoms with Crippen LogP contribution >= 0.6 is 0 Å². The summed E-state index contributed by atoms with van der Waals surface area (Å²) in [6, 6.07) is 4.87. The number of nitrogens with one attached hydrogen (secondary N) is 1. The molecule has 19 heavy (non-hydrogen) atoms. The Labute approximate surface area is 106 Å². The van der Waals surface area contributed by atoms with E-state index in [0.29, 0.717) is 12.1 Å². The van der Waals surface area contributed by atoms with Gasteiger partial charge in [-0.1, -0.05) is 0 Å². The molecule has 1 aromatic carbocycles. The molecule has 0 aliphatic heterocycles. The summed E-state index contributed by atoms with van der Waals surface area (Å²) in [5.41, 5.74) is -0.130. The molecule has 2 aromatic rings. The highest BCUT2D eigenvalue weighted by Gasteiger charge is 2.33. The number of rotatable bonds is 3. The first-order valence-electron chi connectivity index (χ1n) is 5.47. The zero-order valence-electron chi connectivity index (χ0n) is 10.0. The summed E-state index contributed by atoms with van der Waals surface area (Å²) in [5.74, 6) is -0.521. The van der Waals surface area contributed by atoms with Crippen LogP contribution in [0.4, 0.5) is 17.6 Å². The minimum absolute atomic E-state index is 0.251. The lowest BCUT2D eigenvalue weighted by atomic mass is 10.2. The van der Waals surface area contributed by atoms with Crippen molar-refractivity contribution in [3.05, 3.63) is 47.5 Å². The van der Waals surface area contributed by atoms with Gasteiger partial charge in [-0.15, -0.1) is 0 Å². The van der Waals surface area contributed by atoms with E-state index in [1.54, 1.807) is 13.1 Å². The first kappa shape index (κ1) is 13.5. The fourth-order valence-corrected chi connectivity index (χ4v) is 1.69. The van der Waals surface area contributed by atoms with Crippen molar-refractivity contribution < 1.29 is 17.6 Å². The summed E-state index contributed by atoms with van der Waals surface area (Å²) in [4.78, 5) is 0. The molecule has 1 aromatic heterocycles. The monoisotopic (exact) mass is 273 g/mol. The van der Waals surface area contributed by atoms with Gasteiger partial charge in [0, 0.05) is 12.7 Å². The van der Waals surface area contributed by atoms with E-state index in [9.17, 15) is 17.6 Å². The molecule has 0 amide bonds. The van der Waals surface area contributed by atoms with Crippen molar-refractivity contribution in [2.45, 2.75) is 12.7 Å². The largest absolute Gasteiger partial charge is 0.435 e. The molecule has 0 spiro atoms. The number of aromatic nitrogens is 2. The van der Waals surface area contributed by atoms with Gasteiger partial charge in [-0.3, -0.25) is 0 Å². The van der Waals surface area contributed by atoms with Crippen LogP contribution < -0.4 is 5.32 Å². The van der Waals surface area contributed by atoms with Crippen molar-refractivity contribution >= 4 is 0 Å². The summed E-state index contributed by atoms with van der Waals surface area (Å²) in [5, 5.41) is 6.24. The van der Waals surface area contributed by atoms with E-state index in [-0.39, 0.29) is 5.69 Å². The van der Waals surface area contributed by atoms with E-state index in [2.05, 4.69) is 10.4 Å². The van der Waals surface area contributed by atoms with E-state index in [1.807, 2.05) is 0 Å². The summed E-state index contributed by atoms with van der Waals surface area (Å²) in [6.45, 7) is 0.415. The lowest BCUT2D eigenvalue weighted by Crippen LogP contribution is -2.08. The van der Waals surface area contributed by atoms with E-state index in [1.165, 1.54) is 6.07 Å². The Balaban J connectivity index is 2.38. The molecule has 0 radical (unpaired) electrons. The predicted octanol–water partition coefficient (Wildman–Crippen LogP) is 2.75. The number of hydrogen-bond donors (Lipinski definition) is 1. The van der Waals surface area contributed by atoms with Crippen molar-refractivity contribution in [2.75, 3.05) is 7.05 Å². The van der Waals surface area contributed by atoms with Crippen molar-refractivity contribution in [2.24, 2.45) is 0 Å². The number of halogens is 4. The van der Waals surface area contributed by atoms with Crippen LogP contribution in [0.1, 0.15) is 11.3 Å². The molecule has 0 bridgehead atoms. The molecule has 0 fully saturated rings. The topological polar surface area (TPSA) is 29.9 Å². The second-order valence-electron chi connectivity index (χ2n) is 3.99. The Bertz CT molecular complexity index is 575. The Morgan fingerprint density at radius 3 is 2.58 bits per heavy atom. The van der Waals surface area contributed by atoms with Gasteiger partial charge in [0.25, 0.3) is 0 Å². The van der Waals surface area contributed by atoms with Crippen molar-refractivity contribution in [3.8, 4) is 5.69 Å². The third-order valence-electron chi connectivity index (χ3n) is 2.47. The van der Waals surface area contributed by atoms with Crippen LogP contribution in [0.5, 0.6) is 0 Å². The van der Waals surface area contributed by atoms with Gasteiger partial charge in [0.2, 0.25) is 0 Å². The number of nitrogens with zero attached hydrogens (tertiary/aromatic N) is 2. The average Bonchev–Trinajstić information content (AvgIpc) is 2.77. The van der Waals surface area contributed by atoms with E-state index < -0.39 is 17.7 Å².